The lowest BCUT2D eigenvalue weighted by molar-refractivity contribution is -0.136. The molecular formula is C13H21NO3S. The molecule has 0 aromatic rings. The predicted octanol–water partition coefficient (Wildman–Crippen LogP) is 1.43. The van der Waals surface area contributed by atoms with Crippen LogP contribution in [0.4, 0.5) is 0 Å². The summed E-state index contributed by atoms with van der Waals surface area (Å²) in [5.74, 6) is -0.0384. The highest BCUT2D eigenvalue weighted by atomic mass is 32.2. The van der Waals surface area contributed by atoms with E-state index in [0.29, 0.717) is 25.7 Å². The third kappa shape index (κ3) is 3.57. The first-order chi connectivity index (χ1) is 8.51. The lowest BCUT2D eigenvalue weighted by atomic mass is 9.76. The molecule has 1 aliphatic carbocycles. The minimum Gasteiger partial charge on any atom is -0.359 e. The molecule has 18 heavy (non-hydrogen) atoms. The number of hydrogen-bond donors (Lipinski definition) is 1. The molecule has 0 bridgehead atoms. The molecule has 3 atom stereocenters. The van der Waals surface area contributed by atoms with E-state index in [1.165, 1.54) is 11.8 Å². The first kappa shape index (κ1) is 15.2. The number of amides is 1. The van der Waals surface area contributed by atoms with Crippen molar-refractivity contribution in [1.82, 2.24) is 5.32 Å². The average molecular weight is 271 g/mol. The van der Waals surface area contributed by atoms with E-state index in [1.807, 2.05) is 13.2 Å². The minimum atomic E-state index is -0.201. The highest BCUT2D eigenvalue weighted by molar-refractivity contribution is 8.00. The Labute approximate surface area is 112 Å². The first-order valence-corrected chi connectivity index (χ1v) is 7.59. The Kier molecular flexibility index (Phi) is 5.85. The van der Waals surface area contributed by atoms with Crippen molar-refractivity contribution in [2.24, 2.45) is 11.8 Å². The maximum Gasteiger partial charge on any atom is 0.219 e. The molecular weight excluding hydrogens is 250 g/mol. The number of carbonyl (C=O) groups is 3. The van der Waals surface area contributed by atoms with Gasteiger partial charge in [-0.2, -0.15) is 11.8 Å². The zero-order valence-electron chi connectivity index (χ0n) is 11.2. The van der Waals surface area contributed by atoms with Gasteiger partial charge in [0, 0.05) is 31.7 Å². The highest BCUT2D eigenvalue weighted by Crippen LogP contribution is 2.32. The molecule has 0 aliphatic heterocycles. The molecule has 1 rings (SSSR count). The Morgan fingerprint density at radius 2 is 2.11 bits per heavy atom. The summed E-state index contributed by atoms with van der Waals surface area (Å²) in [7, 11) is 1.60. The molecule has 0 aromatic heterocycles. The second-order valence-electron chi connectivity index (χ2n) is 4.76. The Morgan fingerprint density at radius 3 is 2.67 bits per heavy atom. The molecule has 3 unspecified atom stereocenters. The molecule has 1 saturated carbocycles. The molecule has 102 valence electrons. The van der Waals surface area contributed by atoms with E-state index in [2.05, 4.69) is 5.32 Å². The van der Waals surface area contributed by atoms with E-state index >= 15 is 0 Å². The monoisotopic (exact) mass is 271 g/mol. The van der Waals surface area contributed by atoms with E-state index in [1.54, 1.807) is 7.05 Å². The van der Waals surface area contributed by atoms with Crippen LogP contribution < -0.4 is 5.32 Å². The van der Waals surface area contributed by atoms with E-state index in [4.69, 9.17) is 0 Å². The van der Waals surface area contributed by atoms with Gasteiger partial charge < -0.3 is 5.32 Å². The van der Waals surface area contributed by atoms with Crippen molar-refractivity contribution in [3.8, 4) is 0 Å². The molecule has 1 amide bonds. The highest BCUT2D eigenvalue weighted by Gasteiger charge is 2.39. The van der Waals surface area contributed by atoms with Crippen LogP contribution in [0.1, 0.15) is 32.6 Å². The van der Waals surface area contributed by atoms with Crippen LogP contribution in [0.5, 0.6) is 0 Å². The fourth-order valence-electron chi connectivity index (χ4n) is 2.42. The molecule has 1 N–H and O–H groups in total. The fraction of sp³-hybridized carbons (Fsp3) is 0.769. The van der Waals surface area contributed by atoms with Gasteiger partial charge in [-0.25, -0.2) is 0 Å². The van der Waals surface area contributed by atoms with Crippen LogP contribution in [-0.2, 0) is 14.4 Å². The first-order valence-electron chi connectivity index (χ1n) is 6.31. The van der Waals surface area contributed by atoms with Gasteiger partial charge in [0.25, 0.3) is 0 Å². The van der Waals surface area contributed by atoms with Crippen LogP contribution in [0.3, 0.4) is 0 Å². The molecule has 0 saturated heterocycles. The fourth-order valence-corrected chi connectivity index (χ4v) is 3.20. The van der Waals surface area contributed by atoms with E-state index in [9.17, 15) is 14.4 Å². The lowest BCUT2D eigenvalue weighted by Crippen LogP contribution is -2.41. The lowest BCUT2D eigenvalue weighted by Gasteiger charge is -2.30. The van der Waals surface area contributed by atoms with Gasteiger partial charge in [-0.05, 0) is 19.1 Å². The predicted molar refractivity (Wildman–Crippen MR) is 72.5 cm³/mol. The topological polar surface area (TPSA) is 63.2 Å². The van der Waals surface area contributed by atoms with Crippen molar-refractivity contribution < 1.29 is 14.4 Å². The number of nitrogens with one attached hydrogen (secondary N) is 1. The van der Waals surface area contributed by atoms with Gasteiger partial charge in [0.15, 0.2) is 0 Å². The summed E-state index contributed by atoms with van der Waals surface area (Å²) in [4.78, 5) is 35.1. The summed E-state index contributed by atoms with van der Waals surface area (Å²) in [6, 6.07) is 0. The summed E-state index contributed by atoms with van der Waals surface area (Å²) in [6.07, 6.45) is 3.95. The second kappa shape index (κ2) is 6.92. The van der Waals surface area contributed by atoms with Crippen molar-refractivity contribution in [3.05, 3.63) is 0 Å². The van der Waals surface area contributed by atoms with Crippen molar-refractivity contribution in [2.75, 3.05) is 13.3 Å². The normalized spacial score (nSPS) is 28.3. The Bertz CT molecular complexity index is 343. The molecule has 1 aliphatic rings. The van der Waals surface area contributed by atoms with Crippen LogP contribution >= 0.6 is 11.8 Å². The average Bonchev–Trinajstić information content (AvgIpc) is 2.37. The number of thioether (sulfide) groups is 1. The third-order valence-corrected chi connectivity index (χ3v) is 4.62. The standard InChI is InChI=1S/C13H21NO3S/c1-8-9(5-4-6-12(16)14-2)10(15)7-11(18-3)13(8)17/h8-9,11H,4-7H2,1-3H3,(H,14,16). The summed E-state index contributed by atoms with van der Waals surface area (Å²) in [6.45, 7) is 1.84. The van der Waals surface area contributed by atoms with Crippen LogP contribution in [0.2, 0.25) is 0 Å². The molecule has 0 heterocycles. The molecule has 5 heteroatoms. The summed E-state index contributed by atoms with van der Waals surface area (Å²) >= 11 is 1.46. The smallest absolute Gasteiger partial charge is 0.219 e. The van der Waals surface area contributed by atoms with Crippen LogP contribution in [-0.4, -0.2) is 36.0 Å². The van der Waals surface area contributed by atoms with Gasteiger partial charge in [0.1, 0.15) is 11.6 Å². The summed E-state index contributed by atoms with van der Waals surface area (Å²) < 4.78 is 0. The zero-order chi connectivity index (χ0) is 13.7. The van der Waals surface area contributed by atoms with E-state index in [-0.39, 0.29) is 34.6 Å². The number of rotatable bonds is 5. The van der Waals surface area contributed by atoms with Gasteiger partial charge in [-0.1, -0.05) is 6.92 Å². The van der Waals surface area contributed by atoms with Crippen molar-refractivity contribution in [3.63, 3.8) is 0 Å². The number of Topliss-reactive ketones (excluding diaryl/α,β-unsaturated/α-hetero) is 2. The van der Waals surface area contributed by atoms with Crippen molar-refractivity contribution >= 4 is 29.2 Å². The summed E-state index contributed by atoms with van der Waals surface area (Å²) in [5, 5.41) is 2.39. The van der Waals surface area contributed by atoms with E-state index < -0.39 is 0 Å². The number of hydrogen-bond acceptors (Lipinski definition) is 4. The van der Waals surface area contributed by atoms with Gasteiger partial charge in [-0.15, -0.1) is 0 Å². The Hall–Kier alpha value is -0.840. The maximum absolute atomic E-state index is 12.0. The second-order valence-corrected chi connectivity index (χ2v) is 5.80. The Morgan fingerprint density at radius 1 is 1.44 bits per heavy atom. The van der Waals surface area contributed by atoms with Gasteiger partial charge in [0.05, 0.1) is 5.25 Å². The number of ketones is 2. The van der Waals surface area contributed by atoms with Gasteiger partial charge in [0.2, 0.25) is 5.91 Å². The van der Waals surface area contributed by atoms with Crippen molar-refractivity contribution in [2.45, 2.75) is 37.9 Å². The quantitative estimate of drug-likeness (QED) is 0.821. The Balaban J connectivity index is 2.52. The molecule has 0 aromatic carbocycles. The van der Waals surface area contributed by atoms with Crippen LogP contribution in [0.25, 0.3) is 0 Å². The molecule has 0 radical (unpaired) electrons. The zero-order valence-corrected chi connectivity index (χ0v) is 12.0. The van der Waals surface area contributed by atoms with Crippen LogP contribution in [0.15, 0.2) is 0 Å². The van der Waals surface area contributed by atoms with Crippen LogP contribution in [0, 0.1) is 11.8 Å². The number of carbonyl (C=O) groups excluding carboxylic acids is 3. The largest absolute Gasteiger partial charge is 0.359 e. The maximum atomic E-state index is 12.0. The molecule has 0 spiro atoms. The summed E-state index contributed by atoms with van der Waals surface area (Å²) in [5.41, 5.74) is 0. The van der Waals surface area contributed by atoms with Gasteiger partial charge >= 0.3 is 0 Å². The van der Waals surface area contributed by atoms with Gasteiger partial charge in [-0.3, -0.25) is 14.4 Å². The minimum absolute atomic E-state index is 0.0146. The SMILES string of the molecule is CNC(=O)CCCC1C(=O)CC(SC)C(=O)C1C. The third-order valence-electron chi connectivity index (χ3n) is 3.65. The van der Waals surface area contributed by atoms with Crippen molar-refractivity contribution in [1.29, 1.82) is 0 Å². The molecule has 4 nitrogen and oxygen atoms in total. The van der Waals surface area contributed by atoms with E-state index in [0.717, 1.165) is 0 Å². The molecule has 1 fully saturated rings.